The minimum absolute atomic E-state index is 0.478. The molecule has 0 aliphatic carbocycles. The second-order valence-corrected chi connectivity index (χ2v) is 4.03. The number of benzene rings is 1. The highest BCUT2D eigenvalue weighted by atomic mass is 16.5. The van der Waals surface area contributed by atoms with E-state index in [1.165, 1.54) is 0 Å². The van der Waals surface area contributed by atoms with Gasteiger partial charge in [0.15, 0.2) is 11.5 Å². The lowest BCUT2D eigenvalue weighted by Gasteiger charge is -2.09. The summed E-state index contributed by atoms with van der Waals surface area (Å²) < 4.78 is 7.05. The Morgan fingerprint density at radius 2 is 2.25 bits per heavy atom. The molecule has 0 bridgehead atoms. The molecule has 8 heteroatoms. The molecule has 0 radical (unpaired) electrons. The molecule has 20 heavy (non-hydrogen) atoms. The fourth-order valence-electron chi connectivity index (χ4n) is 1.75. The van der Waals surface area contributed by atoms with E-state index in [4.69, 9.17) is 10.5 Å². The lowest BCUT2D eigenvalue weighted by atomic mass is 10.3. The zero-order chi connectivity index (χ0) is 13.8. The number of nitrogens with one attached hydrogen (secondary N) is 1. The van der Waals surface area contributed by atoms with Crippen molar-refractivity contribution in [2.45, 2.75) is 0 Å². The Hall–Kier alpha value is -2.74. The van der Waals surface area contributed by atoms with Crippen LogP contribution in [0, 0.1) is 0 Å². The molecule has 0 atom stereocenters. The van der Waals surface area contributed by atoms with Crippen molar-refractivity contribution in [3.8, 4) is 5.75 Å². The summed E-state index contributed by atoms with van der Waals surface area (Å²) in [5, 5.41) is 14.5. The molecule has 0 fully saturated rings. The molecule has 1 aromatic carbocycles. The van der Waals surface area contributed by atoms with Crippen molar-refractivity contribution in [3.63, 3.8) is 0 Å². The number of ether oxygens (including phenoxy) is 1. The van der Waals surface area contributed by atoms with Gasteiger partial charge in [-0.1, -0.05) is 6.07 Å². The first-order valence-electron chi connectivity index (χ1n) is 6.09. The maximum atomic E-state index is 5.48. The van der Waals surface area contributed by atoms with Gasteiger partial charge in [0.25, 0.3) is 0 Å². The van der Waals surface area contributed by atoms with Crippen molar-refractivity contribution < 1.29 is 4.74 Å². The van der Waals surface area contributed by atoms with Crippen molar-refractivity contribution in [2.24, 2.45) is 5.73 Å². The van der Waals surface area contributed by atoms with Crippen LogP contribution in [0.2, 0.25) is 0 Å². The number of hydrogen-bond donors (Lipinski definition) is 2. The number of tetrazole rings is 1. The van der Waals surface area contributed by atoms with Crippen LogP contribution in [-0.4, -0.2) is 38.2 Å². The van der Waals surface area contributed by atoms with Crippen LogP contribution < -0.4 is 15.8 Å². The predicted octanol–water partition coefficient (Wildman–Crippen LogP) is 0.600. The van der Waals surface area contributed by atoms with E-state index in [1.807, 2.05) is 24.3 Å². The molecule has 0 spiro atoms. The summed E-state index contributed by atoms with van der Waals surface area (Å²) in [6.45, 7) is 0.957. The van der Waals surface area contributed by atoms with Gasteiger partial charge in [0.2, 0.25) is 0 Å². The fraction of sp³-hybridized carbons (Fsp3) is 0.167. The van der Waals surface area contributed by atoms with Crippen molar-refractivity contribution in [3.05, 3.63) is 36.7 Å². The van der Waals surface area contributed by atoms with Gasteiger partial charge >= 0.3 is 0 Å². The fourth-order valence-corrected chi connectivity index (χ4v) is 1.75. The number of rotatable bonds is 5. The monoisotopic (exact) mass is 271 g/mol. The van der Waals surface area contributed by atoms with Crippen LogP contribution in [0.15, 0.2) is 36.7 Å². The third-order valence-electron chi connectivity index (χ3n) is 2.60. The molecule has 0 unspecified atom stereocenters. The smallest absolute Gasteiger partial charge is 0.199 e. The largest absolute Gasteiger partial charge is 0.492 e. The number of nitrogens with two attached hydrogens (primary N) is 1. The van der Waals surface area contributed by atoms with E-state index in [0.717, 1.165) is 11.4 Å². The average molecular weight is 271 g/mol. The Balaban J connectivity index is 1.85. The van der Waals surface area contributed by atoms with Crippen LogP contribution >= 0.6 is 0 Å². The number of aromatic nitrogens is 5. The van der Waals surface area contributed by atoms with E-state index in [9.17, 15) is 0 Å². The maximum Gasteiger partial charge on any atom is 0.199 e. The summed E-state index contributed by atoms with van der Waals surface area (Å²) in [5.41, 5.74) is 6.84. The molecular formula is C12H13N7O. The Bertz CT molecular complexity index is 712. The molecule has 0 saturated heterocycles. The Labute approximate surface area is 114 Å². The van der Waals surface area contributed by atoms with Gasteiger partial charge in [-0.2, -0.15) is 4.52 Å². The average Bonchev–Trinajstić information content (AvgIpc) is 2.95. The highest BCUT2D eigenvalue weighted by Gasteiger charge is 2.04. The van der Waals surface area contributed by atoms with Crippen molar-refractivity contribution in [2.75, 3.05) is 18.5 Å². The normalized spacial score (nSPS) is 10.7. The van der Waals surface area contributed by atoms with E-state index in [0.29, 0.717) is 24.6 Å². The zero-order valence-corrected chi connectivity index (χ0v) is 10.6. The summed E-state index contributed by atoms with van der Waals surface area (Å²) in [5.74, 6) is 1.42. The van der Waals surface area contributed by atoms with Crippen LogP contribution in [-0.2, 0) is 0 Å². The minimum atomic E-state index is 0.478. The van der Waals surface area contributed by atoms with Gasteiger partial charge in [-0.25, -0.2) is 0 Å². The van der Waals surface area contributed by atoms with Crippen LogP contribution in [0.25, 0.3) is 5.65 Å². The number of anilines is 2. The minimum Gasteiger partial charge on any atom is -0.492 e. The highest BCUT2D eigenvalue weighted by molar-refractivity contribution is 5.59. The van der Waals surface area contributed by atoms with Gasteiger partial charge in [0.1, 0.15) is 12.4 Å². The quantitative estimate of drug-likeness (QED) is 0.700. The maximum absolute atomic E-state index is 5.48. The summed E-state index contributed by atoms with van der Waals surface area (Å²) in [7, 11) is 0. The standard InChI is InChI=1S/C12H13N7O/c13-4-5-20-10-3-1-2-9(6-10)15-11-7-14-8-12-16-17-18-19(11)12/h1-3,6-8,15H,4-5,13H2. The van der Waals surface area contributed by atoms with Crippen LogP contribution in [0.3, 0.4) is 0 Å². The second-order valence-electron chi connectivity index (χ2n) is 4.03. The molecule has 2 heterocycles. The van der Waals surface area contributed by atoms with Crippen LogP contribution in [0.5, 0.6) is 5.75 Å². The molecule has 0 amide bonds. The number of hydrogen-bond acceptors (Lipinski definition) is 7. The number of fused-ring (bicyclic) bond motifs is 1. The van der Waals surface area contributed by atoms with Crippen molar-refractivity contribution in [1.29, 1.82) is 0 Å². The van der Waals surface area contributed by atoms with E-state index in [-0.39, 0.29) is 0 Å². The molecule has 8 nitrogen and oxygen atoms in total. The molecule has 0 aliphatic heterocycles. The van der Waals surface area contributed by atoms with E-state index in [1.54, 1.807) is 16.9 Å². The molecule has 2 aromatic heterocycles. The molecule has 3 rings (SSSR count). The van der Waals surface area contributed by atoms with E-state index >= 15 is 0 Å². The first kappa shape index (κ1) is 12.3. The summed E-state index contributed by atoms with van der Waals surface area (Å²) in [6.07, 6.45) is 3.24. The van der Waals surface area contributed by atoms with Gasteiger partial charge in [-0.05, 0) is 22.6 Å². The van der Waals surface area contributed by atoms with Gasteiger partial charge in [-0.3, -0.25) is 4.98 Å². The van der Waals surface area contributed by atoms with E-state index in [2.05, 4.69) is 25.8 Å². The first-order valence-corrected chi connectivity index (χ1v) is 6.09. The molecule has 102 valence electrons. The predicted molar refractivity (Wildman–Crippen MR) is 72.9 cm³/mol. The van der Waals surface area contributed by atoms with Gasteiger partial charge < -0.3 is 15.8 Å². The lowest BCUT2D eigenvalue weighted by Crippen LogP contribution is -2.10. The lowest BCUT2D eigenvalue weighted by molar-refractivity contribution is 0.328. The SMILES string of the molecule is NCCOc1cccc(Nc2cncc3nnnn23)c1. The second kappa shape index (κ2) is 5.49. The summed E-state index contributed by atoms with van der Waals surface area (Å²) in [6, 6.07) is 7.55. The first-order chi connectivity index (χ1) is 9.86. The van der Waals surface area contributed by atoms with E-state index < -0.39 is 0 Å². The molecule has 0 aliphatic rings. The van der Waals surface area contributed by atoms with Crippen molar-refractivity contribution in [1.82, 2.24) is 25.0 Å². The molecule has 3 aromatic rings. The van der Waals surface area contributed by atoms with Gasteiger partial charge in [0, 0.05) is 18.3 Å². The van der Waals surface area contributed by atoms with Crippen LogP contribution in [0.1, 0.15) is 0 Å². The summed E-state index contributed by atoms with van der Waals surface area (Å²) >= 11 is 0. The Morgan fingerprint density at radius 1 is 1.30 bits per heavy atom. The Kier molecular flexibility index (Phi) is 3.38. The molecule has 0 saturated carbocycles. The topological polar surface area (TPSA) is 103 Å². The zero-order valence-electron chi connectivity index (χ0n) is 10.6. The highest BCUT2D eigenvalue weighted by Crippen LogP contribution is 2.20. The third-order valence-corrected chi connectivity index (χ3v) is 2.60. The third kappa shape index (κ3) is 2.50. The van der Waals surface area contributed by atoms with Crippen molar-refractivity contribution >= 4 is 17.2 Å². The molecule has 3 N–H and O–H groups in total. The van der Waals surface area contributed by atoms with Gasteiger partial charge in [-0.15, -0.1) is 5.10 Å². The summed E-state index contributed by atoms with van der Waals surface area (Å²) in [4.78, 5) is 4.08. The molecular weight excluding hydrogens is 258 g/mol. The van der Waals surface area contributed by atoms with Gasteiger partial charge in [0.05, 0.1) is 12.4 Å². The number of nitrogens with zero attached hydrogens (tertiary/aromatic N) is 5. The van der Waals surface area contributed by atoms with Crippen LogP contribution in [0.4, 0.5) is 11.5 Å². The Morgan fingerprint density at radius 3 is 3.15 bits per heavy atom.